The first kappa shape index (κ1) is 13.0. The van der Waals surface area contributed by atoms with Gasteiger partial charge in [-0.1, -0.05) is 5.16 Å². The van der Waals surface area contributed by atoms with Gasteiger partial charge in [0, 0.05) is 12.2 Å². The third-order valence-corrected chi connectivity index (χ3v) is 4.06. The van der Waals surface area contributed by atoms with Gasteiger partial charge in [0.25, 0.3) is 11.6 Å². The van der Waals surface area contributed by atoms with E-state index in [0.29, 0.717) is 22.4 Å². The molecule has 7 nitrogen and oxygen atoms in total. The summed E-state index contributed by atoms with van der Waals surface area (Å²) in [7, 11) is 0. The molecule has 0 fully saturated rings. The topological polar surface area (TPSA) is 85.8 Å². The lowest BCUT2D eigenvalue weighted by Crippen LogP contribution is -2.27. The van der Waals surface area contributed by atoms with Crippen molar-refractivity contribution in [2.75, 3.05) is 0 Å². The molecule has 1 amide bonds. The number of hydrogen-bond acceptors (Lipinski definition) is 5. The highest BCUT2D eigenvalue weighted by Gasteiger charge is 2.26. The molecule has 0 radical (unpaired) electrons. The molecule has 1 aliphatic heterocycles. The third kappa shape index (κ3) is 1.89. The highest BCUT2D eigenvalue weighted by molar-refractivity contribution is 6.06. The van der Waals surface area contributed by atoms with Gasteiger partial charge in [0.1, 0.15) is 0 Å². The molecule has 1 unspecified atom stereocenters. The number of nitrogens with zero attached hydrogens (tertiary/aromatic N) is 4. The first-order chi connectivity index (χ1) is 10.6. The van der Waals surface area contributed by atoms with E-state index in [4.69, 9.17) is 4.52 Å². The fourth-order valence-electron chi connectivity index (χ4n) is 3.00. The smallest absolute Gasteiger partial charge is 0.258 e. The average Bonchev–Trinajstić information content (AvgIpc) is 3.16. The number of rotatable bonds is 2. The van der Waals surface area contributed by atoms with Crippen LogP contribution in [0.15, 0.2) is 23.1 Å². The van der Waals surface area contributed by atoms with Crippen LogP contribution in [0, 0.1) is 13.8 Å². The van der Waals surface area contributed by atoms with E-state index < -0.39 is 0 Å². The van der Waals surface area contributed by atoms with Gasteiger partial charge in [-0.2, -0.15) is 0 Å². The molecule has 3 aromatic rings. The number of hydrogen-bond donors (Lipinski definition) is 1. The van der Waals surface area contributed by atoms with Gasteiger partial charge in [0.2, 0.25) is 0 Å². The summed E-state index contributed by atoms with van der Waals surface area (Å²) in [6, 6.07) is 1.76. The Morgan fingerprint density at radius 1 is 1.45 bits per heavy atom. The van der Waals surface area contributed by atoms with Crippen LogP contribution < -0.4 is 5.32 Å². The van der Waals surface area contributed by atoms with Gasteiger partial charge in [0.05, 0.1) is 40.9 Å². The van der Waals surface area contributed by atoms with Crippen LogP contribution in [0.25, 0.3) is 11.1 Å². The summed E-state index contributed by atoms with van der Waals surface area (Å²) >= 11 is 0. The maximum Gasteiger partial charge on any atom is 0.258 e. The van der Waals surface area contributed by atoms with E-state index in [0.717, 1.165) is 24.4 Å². The lowest BCUT2D eigenvalue weighted by molar-refractivity contribution is 0.0938. The molecule has 1 atom stereocenters. The molecule has 22 heavy (non-hydrogen) atoms. The molecule has 0 spiro atoms. The van der Waals surface area contributed by atoms with Crippen molar-refractivity contribution in [1.29, 1.82) is 0 Å². The van der Waals surface area contributed by atoms with Crippen LogP contribution in [-0.4, -0.2) is 25.6 Å². The molecule has 112 valence electrons. The number of carbonyl (C=O) groups excluding carboxylic acids is 1. The van der Waals surface area contributed by atoms with Crippen LogP contribution in [0.1, 0.15) is 39.9 Å². The molecule has 4 heterocycles. The average molecular weight is 297 g/mol. The second kappa shape index (κ2) is 4.66. The Kier molecular flexibility index (Phi) is 2.75. The van der Waals surface area contributed by atoms with Crippen molar-refractivity contribution in [3.63, 3.8) is 0 Å². The van der Waals surface area contributed by atoms with Crippen molar-refractivity contribution in [2.45, 2.75) is 32.9 Å². The molecule has 0 saturated heterocycles. The molecule has 0 aromatic carbocycles. The predicted molar refractivity (Wildman–Crippen MR) is 78.3 cm³/mol. The van der Waals surface area contributed by atoms with E-state index in [1.807, 2.05) is 13.8 Å². The summed E-state index contributed by atoms with van der Waals surface area (Å²) in [5, 5.41) is 7.66. The minimum atomic E-state index is -0.138. The molecule has 0 aliphatic carbocycles. The molecule has 7 heteroatoms. The highest BCUT2D eigenvalue weighted by atomic mass is 16.5. The van der Waals surface area contributed by atoms with Gasteiger partial charge in [-0.15, -0.1) is 0 Å². The quantitative estimate of drug-likeness (QED) is 0.781. The number of imidazole rings is 1. The molecular formula is C15H15N5O2. The molecule has 0 bridgehead atoms. The van der Waals surface area contributed by atoms with Gasteiger partial charge in [-0.05, 0) is 26.3 Å². The zero-order valence-electron chi connectivity index (χ0n) is 12.3. The van der Waals surface area contributed by atoms with Crippen LogP contribution in [0.3, 0.4) is 0 Å². The van der Waals surface area contributed by atoms with E-state index in [1.54, 1.807) is 18.6 Å². The van der Waals surface area contributed by atoms with Crippen LogP contribution >= 0.6 is 0 Å². The summed E-state index contributed by atoms with van der Waals surface area (Å²) in [6.45, 7) is 4.51. The van der Waals surface area contributed by atoms with Crippen molar-refractivity contribution >= 4 is 17.0 Å². The van der Waals surface area contributed by atoms with E-state index in [2.05, 4.69) is 25.0 Å². The number of fused-ring (bicyclic) bond motifs is 2. The van der Waals surface area contributed by atoms with Crippen LogP contribution in [0.5, 0.6) is 0 Å². The van der Waals surface area contributed by atoms with Crippen molar-refractivity contribution in [2.24, 2.45) is 0 Å². The Balaban J connectivity index is 1.70. The molecular weight excluding hydrogens is 282 g/mol. The molecule has 3 aromatic heterocycles. The maximum absolute atomic E-state index is 12.7. The SMILES string of the molecule is Cc1cc(C(=O)NC2CCn3cncc32)c2c(C)noc2n1. The molecule has 4 rings (SSSR count). The fraction of sp³-hybridized carbons (Fsp3) is 0.333. The van der Waals surface area contributed by atoms with E-state index in [-0.39, 0.29) is 11.9 Å². The largest absolute Gasteiger partial charge is 0.344 e. The van der Waals surface area contributed by atoms with Crippen LogP contribution in [0.4, 0.5) is 0 Å². The normalized spacial score (nSPS) is 16.9. The lowest BCUT2D eigenvalue weighted by Gasteiger charge is -2.12. The fourth-order valence-corrected chi connectivity index (χ4v) is 3.00. The van der Waals surface area contributed by atoms with Crippen LogP contribution in [0.2, 0.25) is 0 Å². The predicted octanol–water partition coefficient (Wildman–Crippen LogP) is 1.91. The highest BCUT2D eigenvalue weighted by Crippen LogP contribution is 2.27. The summed E-state index contributed by atoms with van der Waals surface area (Å²) in [6.07, 6.45) is 4.47. The number of carbonyl (C=O) groups is 1. The maximum atomic E-state index is 12.7. The van der Waals surface area contributed by atoms with E-state index >= 15 is 0 Å². The Morgan fingerprint density at radius 2 is 2.32 bits per heavy atom. The Labute approximate surface area is 126 Å². The second-order valence-corrected chi connectivity index (χ2v) is 5.59. The number of nitrogens with one attached hydrogen (secondary N) is 1. The van der Waals surface area contributed by atoms with Gasteiger partial charge in [-0.25, -0.2) is 9.97 Å². The van der Waals surface area contributed by atoms with Gasteiger partial charge in [-0.3, -0.25) is 4.79 Å². The first-order valence-corrected chi connectivity index (χ1v) is 7.18. The van der Waals surface area contributed by atoms with Crippen molar-refractivity contribution in [3.05, 3.63) is 41.2 Å². The van der Waals surface area contributed by atoms with E-state index in [1.165, 1.54) is 0 Å². The van der Waals surface area contributed by atoms with Gasteiger partial charge >= 0.3 is 0 Å². The summed E-state index contributed by atoms with van der Waals surface area (Å²) in [5.74, 6) is -0.138. The summed E-state index contributed by atoms with van der Waals surface area (Å²) in [4.78, 5) is 21.1. The molecule has 1 N–H and O–H groups in total. The minimum Gasteiger partial charge on any atom is -0.344 e. The number of aromatic nitrogens is 4. The number of pyridine rings is 1. The standard InChI is InChI=1S/C15H15N5O2/c1-8-5-10(13-9(2)19-22-15(13)17-8)14(21)18-11-3-4-20-7-16-6-12(11)20/h5-7,11H,3-4H2,1-2H3,(H,18,21). The Bertz CT molecular complexity index is 879. The number of aryl methyl sites for hydroxylation is 3. The molecule has 0 saturated carbocycles. The van der Waals surface area contributed by atoms with Gasteiger partial charge < -0.3 is 14.4 Å². The van der Waals surface area contributed by atoms with Crippen LogP contribution in [-0.2, 0) is 6.54 Å². The summed E-state index contributed by atoms with van der Waals surface area (Å²) in [5.41, 5.74) is 3.39. The third-order valence-electron chi connectivity index (χ3n) is 4.06. The number of amides is 1. The Hall–Kier alpha value is -2.70. The van der Waals surface area contributed by atoms with Crippen molar-refractivity contribution in [3.8, 4) is 0 Å². The lowest BCUT2D eigenvalue weighted by atomic mass is 10.1. The van der Waals surface area contributed by atoms with Gasteiger partial charge in [0.15, 0.2) is 0 Å². The minimum absolute atomic E-state index is 0.0151. The second-order valence-electron chi connectivity index (χ2n) is 5.59. The Morgan fingerprint density at radius 3 is 3.18 bits per heavy atom. The molecule has 1 aliphatic rings. The zero-order valence-corrected chi connectivity index (χ0v) is 12.3. The monoisotopic (exact) mass is 297 g/mol. The first-order valence-electron chi connectivity index (χ1n) is 7.18. The summed E-state index contributed by atoms with van der Waals surface area (Å²) < 4.78 is 7.24. The zero-order chi connectivity index (χ0) is 15.3. The van der Waals surface area contributed by atoms with E-state index in [9.17, 15) is 4.79 Å². The van der Waals surface area contributed by atoms with Crippen molar-refractivity contribution in [1.82, 2.24) is 25.0 Å². The van der Waals surface area contributed by atoms with Crippen molar-refractivity contribution < 1.29 is 9.32 Å².